The normalized spacial score (nSPS) is 23.8. The van der Waals surface area contributed by atoms with Crippen LogP contribution in [0.1, 0.15) is 0 Å². The maximum absolute atomic E-state index is 10.4. The van der Waals surface area contributed by atoms with Gasteiger partial charge < -0.3 is 4.90 Å². The minimum atomic E-state index is -2.33. The number of hydrogen-bond acceptors (Lipinski definition) is 3. The molecule has 0 saturated carbocycles. The first-order chi connectivity index (χ1) is 4.70. The Bertz CT molecular complexity index is 164. The van der Waals surface area contributed by atoms with Crippen molar-refractivity contribution in [1.29, 1.82) is 0 Å². The highest BCUT2D eigenvalue weighted by molar-refractivity contribution is 7.69. The molecule has 1 heterocycles. The molecule has 1 aliphatic rings. The highest BCUT2D eigenvalue weighted by Crippen LogP contribution is 1.97. The summed E-state index contributed by atoms with van der Waals surface area (Å²) in [5.41, 5.74) is 0. The van der Waals surface area contributed by atoms with Crippen molar-refractivity contribution in [1.82, 2.24) is 9.21 Å². The summed E-state index contributed by atoms with van der Waals surface area (Å²) in [5.74, 6) is 0. The van der Waals surface area contributed by atoms with Crippen molar-refractivity contribution in [2.24, 2.45) is 0 Å². The minimum absolute atomic E-state index is 0.648. The van der Waals surface area contributed by atoms with Crippen LogP contribution in [0.3, 0.4) is 0 Å². The number of hydrogen-bond donors (Lipinski definition) is 1. The number of likely N-dealkylation sites (N-methyl/N-ethyl adjacent to an activating group) is 1. The van der Waals surface area contributed by atoms with Crippen molar-refractivity contribution in [2.75, 3.05) is 33.2 Å². The summed E-state index contributed by atoms with van der Waals surface area (Å²) in [7, 11) is -0.336. The number of thiol groups is 1. The van der Waals surface area contributed by atoms with Crippen LogP contribution in [0.2, 0.25) is 0 Å². The molecule has 0 amide bonds. The Labute approximate surface area is 62.5 Å². The first-order valence-electron chi connectivity index (χ1n) is 3.28. The van der Waals surface area contributed by atoms with Gasteiger partial charge in [-0.05, 0) is 7.05 Å². The lowest BCUT2D eigenvalue weighted by Gasteiger charge is -2.27. The molecule has 0 N–H and O–H groups in total. The third-order valence-corrected chi connectivity index (χ3v) is 2.57. The van der Waals surface area contributed by atoms with Gasteiger partial charge in [0.25, 0.3) is 0 Å². The lowest BCUT2D eigenvalue weighted by Crippen LogP contribution is -2.43. The zero-order chi connectivity index (χ0) is 7.56. The van der Waals surface area contributed by atoms with Gasteiger partial charge in [0.1, 0.15) is 0 Å². The molecule has 0 atom stereocenters. The smallest absolute Gasteiger partial charge is 0.204 e. The van der Waals surface area contributed by atoms with Crippen LogP contribution in [0.5, 0.6) is 0 Å². The quantitative estimate of drug-likeness (QED) is 0.493. The molecule has 0 radical (unpaired) electrons. The van der Waals surface area contributed by atoms with Crippen LogP contribution in [0.4, 0.5) is 0 Å². The van der Waals surface area contributed by atoms with Crippen LogP contribution >= 0.6 is 0 Å². The van der Waals surface area contributed by atoms with Crippen LogP contribution in [-0.2, 0) is 10.9 Å². The van der Waals surface area contributed by atoms with E-state index in [4.69, 9.17) is 0 Å². The van der Waals surface area contributed by atoms with E-state index < -0.39 is 10.9 Å². The Hall–Kier alpha value is -0.130. The monoisotopic (exact) mass is 164 g/mol. The Balaban J connectivity index is 2.40. The van der Waals surface area contributed by atoms with Gasteiger partial charge >= 0.3 is 0 Å². The molecule has 60 valence electrons. The molecule has 4 nitrogen and oxygen atoms in total. The standard InChI is InChI=1S/C5H12N2O2S/c1-6-2-4-7(5-3-6)10(8)9/h10H,2-5H2,1H3. The Morgan fingerprint density at radius 2 is 1.60 bits per heavy atom. The summed E-state index contributed by atoms with van der Waals surface area (Å²) in [6.07, 6.45) is 0. The number of nitrogens with zero attached hydrogens (tertiary/aromatic N) is 2. The average Bonchev–Trinajstić information content (AvgIpc) is 1.88. The number of piperazine rings is 1. The van der Waals surface area contributed by atoms with Crippen molar-refractivity contribution >= 4 is 10.9 Å². The average molecular weight is 164 g/mol. The van der Waals surface area contributed by atoms with E-state index in [1.807, 2.05) is 7.05 Å². The van der Waals surface area contributed by atoms with E-state index in [0.717, 1.165) is 13.1 Å². The predicted molar refractivity (Wildman–Crippen MR) is 39.4 cm³/mol. The highest BCUT2D eigenvalue weighted by Gasteiger charge is 2.14. The Morgan fingerprint density at radius 1 is 1.10 bits per heavy atom. The van der Waals surface area contributed by atoms with Gasteiger partial charge in [0.15, 0.2) is 0 Å². The Kier molecular flexibility index (Phi) is 2.64. The van der Waals surface area contributed by atoms with E-state index in [1.165, 1.54) is 4.31 Å². The lowest BCUT2D eigenvalue weighted by molar-refractivity contribution is 0.226. The fourth-order valence-corrected chi connectivity index (χ4v) is 1.46. The predicted octanol–water partition coefficient (Wildman–Crippen LogP) is -1.24. The molecule has 1 saturated heterocycles. The zero-order valence-electron chi connectivity index (χ0n) is 5.99. The van der Waals surface area contributed by atoms with E-state index in [9.17, 15) is 8.42 Å². The van der Waals surface area contributed by atoms with E-state index in [0.29, 0.717) is 13.1 Å². The van der Waals surface area contributed by atoms with Crippen LogP contribution in [0.25, 0.3) is 0 Å². The third-order valence-electron chi connectivity index (χ3n) is 1.71. The van der Waals surface area contributed by atoms with Gasteiger partial charge in [0, 0.05) is 26.2 Å². The first-order valence-corrected chi connectivity index (χ1v) is 4.41. The fourth-order valence-electron chi connectivity index (χ4n) is 0.959. The summed E-state index contributed by atoms with van der Waals surface area (Å²) in [5, 5.41) is 0. The van der Waals surface area contributed by atoms with Gasteiger partial charge in [-0.25, -0.2) is 12.7 Å². The maximum atomic E-state index is 10.4. The van der Waals surface area contributed by atoms with E-state index in [1.54, 1.807) is 0 Å². The molecule has 1 rings (SSSR count). The van der Waals surface area contributed by atoms with Gasteiger partial charge in [-0.1, -0.05) is 0 Å². The van der Waals surface area contributed by atoms with Crippen LogP contribution < -0.4 is 0 Å². The Morgan fingerprint density at radius 3 is 2.00 bits per heavy atom. The van der Waals surface area contributed by atoms with Crippen LogP contribution in [0, 0.1) is 0 Å². The maximum Gasteiger partial charge on any atom is 0.204 e. The molecule has 0 aromatic rings. The topological polar surface area (TPSA) is 40.6 Å². The number of rotatable bonds is 1. The second kappa shape index (κ2) is 3.32. The molecular formula is C5H12N2O2S. The van der Waals surface area contributed by atoms with Gasteiger partial charge in [-0.15, -0.1) is 0 Å². The molecule has 0 aromatic carbocycles. The van der Waals surface area contributed by atoms with Crippen LogP contribution in [0.15, 0.2) is 0 Å². The summed E-state index contributed by atoms with van der Waals surface area (Å²) >= 11 is 0. The van der Waals surface area contributed by atoms with Crippen LogP contribution in [-0.4, -0.2) is 50.8 Å². The summed E-state index contributed by atoms with van der Waals surface area (Å²) < 4.78 is 22.3. The van der Waals surface area contributed by atoms with Crippen molar-refractivity contribution in [2.45, 2.75) is 0 Å². The lowest BCUT2D eigenvalue weighted by atomic mass is 10.4. The van der Waals surface area contributed by atoms with Gasteiger partial charge in [0.05, 0.1) is 0 Å². The first kappa shape index (κ1) is 7.97. The molecule has 0 aliphatic carbocycles. The van der Waals surface area contributed by atoms with E-state index in [2.05, 4.69) is 4.90 Å². The molecule has 1 fully saturated rings. The largest absolute Gasteiger partial charge is 0.304 e. The second-order valence-electron chi connectivity index (χ2n) is 2.49. The van der Waals surface area contributed by atoms with E-state index >= 15 is 0 Å². The highest BCUT2D eigenvalue weighted by atomic mass is 32.2. The van der Waals surface area contributed by atoms with Crippen molar-refractivity contribution < 1.29 is 8.42 Å². The molecule has 0 spiro atoms. The van der Waals surface area contributed by atoms with E-state index in [-0.39, 0.29) is 0 Å². The SMILES string of the molecule is CN1CCN([SH](=O)=O)CC1. The molecule has 0 unspecified atom stereocenters. The summed E-state index contributed by atoms with van der Waals surface area (Å²) in [4.78, 5) is 2.12. The van der Waals surface area contributed by atoms with Crippen molar-refractivity contribution in [3.05, 3.63) is 0 Å². The molecule has 0 bridgehead atoms. The van der Waals surface area contributed by atoms with Gasteiger partial charge in [-0.3, -0.25) is 0 Å². The van der Waals surface area contributed by atoms with Crippen molar-refractivity contribution in [3.63, 3.8) is 0 Å². The zero-order valence-corrected chi connectivity index (χ0v) is 6.88. The van der Waals surface area contributed by atoms with Gasteiger partial charge in [-0.2, -0.15) is 0 Å². The summed E-state index contributed by atoms with van der Waals surface area (Å²) in [6, 6.07) is 0. The van der Waals surface area contributed by atoms with Gasteiger partial charge in [0.2, 0.25) is 10.9 Å². The minimum Gasteiger partial charge on any atom is -0.304 e. The molecule has 1 aliphatic heterocycles. The molecule has 10 heavy (non-hydrogen) atoms. The molecular weight excluding hydrogens is 152 g/mol. The molecule has 5 heteroatoms. The third kappa shape index (κ3) is 1.93. The second-order valence-corrected chi connectivity index (χ2v) is 3.54. The summed E-state index contributed by atoms with van der Waals surface area (Å²) in [6.45, 7) is 3.00. The molecule has 0 aromatic heterocycles. The fraction of sp³-hybridized carbons (Fsp3) is 1.00. The van der Waals surface area contributed by atoms with Crippen molar-refractivity contribution in [3.8, 4) is 0 Å².